The fourth-order valence-corrected chi connectivity index (χ4v) is 4.78. The lowest BCUT2D eigenvalue weighted by molar-refractivity contribution is -0.111. The average Bonchev–Trinajstić information content (AvgIpc) is 3.36. The van der Waals surface area contributed by atoms with Gasteiger partial charge in [0.25, 0.3) is 0 Å². The number of likely N-dealkylation sites (N-methyl/N-ethyl adjacent to an activating group) is 2. The molecule has 10 nitrogen and oxygen atoms in total. The molecule has 2 N–H and O–H groups in total. The van der Waals surface area contributed by atoms with E-state index < -0.39 is 5.82 Å². The van der Waals surface area contributed by atoms with Crippen LogP contribution in [0.25, 0.3) is 22.3 Å². The number of anilines is 4. The smallest absolute Gasteiger partial charge is 0.247 e. The summed E-state index contributed by atoms with van der Waals surface area (Å²) >= 11 is 0. The Labute approximate surface area is 246 Å². The van der Waals surface area contributed by atoms with Crippen LogP contribution in [-0.2, 0) is 11.2 Å². The number of aryl methyl sites for hydroxylation is 1. The van der Waals surface area contributed by atoms with E-state index in [-0.39, 0.29) is 17.9 Å². The molecule has 2 aromatic heterocycles. The number of imidazole rings is 1. The van der Waals surface area contributed by atoms with Crippen molar-refractivity contribution in [2.75, 3.05) is 56.9 Å². The van der Waals surface area contributed by atoms with Gasteiger partial charge < -0.3 is 29.7 Å². The summed E-state index contributed by atoms with van der Waals surface area (Å²) in [5.74, 6) is 0.919. The molecule has 0 spiro atoms. The van der Waals surface area contributed by atoms with Gasteiger partial charge in [0.15, 0.2) is 5.82 Å². The highest BCUT2D eigenvalue weighted by molar-refractivity contribution is 6.02. The fraction of sp³-hybridized carbons (Fsp3) is 0.355. The Bertz CT molecular complexity index is 1600. The Morgan fingerprint density at radius 1 is 1.14 bits per heavy atom. The van der Waals surface area contributed by atoms with E-state index in [1.165, 1.54) is 12.1 Å². The minimum absolute atomic E-state index is 0.121. The number of fused-ring (bicyclic) bond motifs is 1. The van der Waals surface area contributed by atoms with Crippen molar-refractivity contribution in [2.45, 2.75) is 33.2 Å². The number of rotatable bonds is 12. The second kappa shape index (κ2) is 13.0. The van der Waals surface area contributed by atoms with Crippen molar-refractivity contribution in [3.8, 4) is 17.0 Å². The summed E-state index contributed by atoms with van der Waals surface area (Å²) in [5, 5.41) is 6.10. The van der Waals surface area contributed by atoms with Gasteiger partial charge in [0, 0.05) is 50.4 Å². The molecule has 11 heteroatoms. The van der Waals surface area contributed by atoms with Crippen LogP contribution in [0.1, 0.15) is 32.6 Å². The van der Waals surface area contributed by atoms with Gasteiger partial charge in [-0.25, -0.2) is 19.3 Å². The maximum Gasteiger partial charge on any atom is 0.247 e. The summed E-state index contributed by atoms with van der Waals surface area (Å²) in [6, 6.07) is 8.85. The van der Waals surface area contributed by atoms with E-state index in [9.17, 15) is 4.79 Å². The van der Waals surface area contributed by atoms with Crippen LogP contribution >= 0.6 is 0 Å². The van der Waals surface area contributed by atoms with Gasteiger partial charge in [-0.3, -0.25) is 4.79 Å². The minimum atomic E-state index is -0.400. The Hall–Kier alpha value is -4.51. The summed E-state index contributed by atoms with van der Waals surface area (Å²) in [5.41, 5.74) is 4.13. The average molecular weight is 575 g/mol. The SMILES string of the molecule is C=CC(=O)Nc1cc(Nc2nccc(-c3cc(F)c4nc(CC)n(C(C)C)c4c3)n2)c(OC)cc1N(C)CCN(C)C. The molecule has 4 aromatic rings. The molecule has 42 heavy (non-hydrogen) atoms. The monoisotopic (exact) mass is 574 g/mol. The van der Waals surface area contributed by atoms with Crippen molar-refractivity contribution in [1.29, 1.82) is 0 Å². The van der Waals surface area contributed by atoms with E-state index in [1.807, 2.05) is 45.1 Å². The van der Waals surface area contributed by atoms with Crippen LogP contribution in [0.5, 0.6) is 5.75 Å². The van der Waals surface area contributed by atoms with Crippen LogP contribution in [-0.4, -0.2) is 71.7 Å². The van der Waals surface area contributed by atoms with Crippen LogP contribution in [0.2, 0.25) is 0 Å². The maximum atomic E-state index is 15.3. The highest BCUT2D eigenvalue weighted by Gasteiger charge is 2.19. The van der Waals surface area contributed by atoms with Crippen LogP contribution in [0.15, 0.2) is 49.2 Å². The quantitative estimate of drug-likeness (QED) is 0.210. The summed E-state index contributed by atoms with van der Waals surface area (Å²) < 4.78 is 23.0. The molecule has 0 saturated carbocycles. The van der Waals surface area contributed by atoms with Gasteiger partial charge in [-0.2, -0.15) is 0 Å². The third-order valence-electron chi connectivity index (χ3n) is 6.91. The van der Waals surface area contributed by atoms with Gasteiger partial charge in [0.1, 0.15) is 17.1 Å². The normalized spacial score (nSPS) is 11.3. The van der Waals surface area contributed by atoms with Crippen molar-refractivity contribution in [2.24, 2.45) is 0 Å². The number of methoxy groups -OCH3 is 1. The zero-order valence-corrected chi connectivity index (χ0v) is 25.3. The third-order valence-corrected chi connectivity index (χ3v) is 6.91. The van der Waals surface area contributed by atoms with E-state index in [2.05, 4.69) is 55.5 Å². The molecule has 2 aromatic carbocycles. The number of hydrogen-bond donors (Lipinski definition) is 2. The van der Waals surface area contributed by atoms with Gasteiger partial charge in [0.2, 0.25) is 11.9 Å². The number of nitrogens with one attached hydrogen (secondary N) is 2. The lowest BCUT2D eigenvalue weighted by atomic mass is 10.1. The largest absolute Gasteiger partial charge is 0.494 e. The van der Waals surface area contributed by atoms with E-state index >= 15 is 4.39 Å². The first-order valence-corrected chi connectivity index (χ1v) is 13.9. The van der Waals surface area contributed by atoms with Crippen LogP contribution < -0.4 is 20.3 Å². The Morgan fingerprint density at radius 3 is 2.55 bits per heavy atom. The second-order valence-corrected chi connectivity index (χ2v) is 10.5. The molecule has 4 rings (SSSR count). The predicted molar refractivity (Wildman–Crippen MR) is 167 cm³/mol. The Kier molecular flexibility index (Phi) is 9.41. The molecule has 0 saturated heterocycles. The number of halogens is 1. The molecule has 1 amide bonds. The number of amides is 1. The number of carbonyl (C=O) groups is 1. The molecule has 0 fully saturated rings. The molecule has 0 bridgehead atoms. The summed E-state index contributed by atoms with van der Waals surface area (Å²) in [4.78, 5) is 30.0. The predicted octanol–water partition coefficient (Wildman–Crippen LogP) is 5.65. The lowest BCUT2D eigenvalue weighted by Gasteiger charge is -2.26. The van der Waals surface area contributed by atoms with Crippen LogP contribution in [0, 0.1) is 5.82 Å². The van der Waals surface area contributed by atoms with Crippen molar-refractivity contribution >= 4 is 40.0 Å². The first-order chi connectivity index (χ1) is 20.1. The first-order valence-electron chi connectivity index (χ1n) is 13.9. The molecule has 0 radical (unpaired) electrons. The summed E-state index contributed by atoms with van der Waals surface area (Å²) in [6.45, 7) is 11.2. The zero-order chi connectivity index (χ0) is 30.6. The molecule has 222 valence electrons. The number of ether oxygens (including phenoxy) is 1. The van der Waals surface area contributed by atoms with Gasteiger partial charge in [0.05, 0.1) is 35.4 Å². The molecular weight excluding hydrogens is 535 g/mol. The Balaban J connectivity index is 1.73. The molecule has 0 unspecified atom stereocenters. The van der Waals surface area contributed by atoms with Gasteiger partial charge >= 0.3 is 0 Å². The first kappa shape index (κ1) is 30.4. The molecular formula is C31H39FN8O2. The highest BCUT2D eigenvalue weighted by Crippen LogP contribution is 2.38. The van der Waals surface area contributed by atoms with Crippen molar-refractivity contribution in [1.82, 2.24) is 24.4 Å². The summed E-state index contributed by atoms with van der Waals surface area (Å²) in [7, 11) is 7.53. The maximum absolute atomic E-state index is 15.3. The zero-order valence-electron chi connectivity index (χ0n) is 25.3. The van der Waals surface area contributed by atoms with E-state index in [0.29, 0.717) is 40.3 Å². The molecule has 0 aliphatic carbocycles. The molecule has 2 heterocycles. The summed E-state index contributed by atoms with van der Waals surface area (Å²) in [6.07, 6.45) is 3.53. The lowest BCUT2D eigenvalue weighted by Crippen LogP contribution is -2.29. The van der Waals surface area contributed by atoms with E-state index in [1.54, 1.807) is 25.4 Å². The fourth-order valence-electron chi connectivity index (χ4n) is 4.78. The minimum Gasteiger partial charge on any atom is -0.494 e. The molecule has 0 atom stereocenters. The number of carbonyl (C=O) groups excluding carboxylic acids is 1. The van der Waals surface area contributed by atoms with E-state index in [4.69, 9.17) is 4.74 Å². The number of hydrogen-bond acceptors (Lipinski definition) is 8. The Morgan fingerprint density at radius 2 is 1.90 bits per heavy atom. The second-order valence-electron chi connectivity index (χ2n) is 10.5. The number of aromatic nitrogens is 4. The van der Waals surface area contributed by atoms with Gasteiger partial charge in [-0.15, -0.1) is 0 Å². The molecule has 0 aliphatic heterocycles. The number of nitrogens with zero attached hydrogens (tertiary/aromatic N) is 6. The molecule has 0 aliphatic rings. The van der Waals surface area contributed by atoms with Crippen molar-refractivity contribution in [3.63, 3.8) is 0 Å². The van der Waals surface area contributed by atoms with E-state index in [0.717, 1.165) is 30.1 Å². The third kappa shape index (κ3) is 6.52. The van der Waals surface area contributed by atoms with Crippen LogP contribution in [0.4, 0.5) is 27.4 Å². The standard InChI is InChI=1S/C31H39FN8O2/c1-9-28-37-30-21(32)15-20(16-26(30)40(28)19(3)4)22-11-12-33-31(35-22)36-24-17-23(34-29(41)10-2)25(18-27(24)42-8)39(7)14-13-38(5)6/h10-12,15-19H,2,9,13-14H2,1,3-8H3,(H,34,41)(H,33,35,36). The topological polar surface area (TPSA) is 100 Å². The number of benzene rings is 2. The van der Waals surface area contributed by atoms with Gasteiger partial charge in [-0.05, 0) is 58.3 Å². The van der Waals surface area contributed by atoms with Crippen LogP contribution in [0.3, 0.4) is 0 Å². The highest BCUT2D eigenvalue weighted by atomic mass is 19.1. The van der Waals surface area contributed by atoms with Crippen molar-refractivity contribution in [3.05, 3.63) is 60.8 Å². The van der Waals surface area contributed by atoms with Crippen molar-refractivity contribution < 1.29 is 13.9 Å². The van der Waals surface area contributed by atoms with Gasteiger partial charge in [-0.1, -0.05) is 13.5 Å².